The molecule has 0 fully saturated rings. The SMILES string of the molecule is Cc1ccc2nc(NC(=O)c3ccc([N+](=O)[O-])cc3)[nH]c(=O)c2c1. The molecule has 3 rings (SSSR count). The van der Waals surface area contributed by atoms with Gasteiger partial charge in [-0.3, -0.25) is 30.0 Å². The summed E-state index contributed by atoms with van der Waals surface area (Å²) in [6.45, 7) is 1.86. The number of hydrogen-bond donors (Lipinski definition) is 2. The van der Waals surface area contributed by atoms with Crippen LogP contribution in [0.1, 0.15) is 15.9 Å². The number of H-pyrrole nitrogens is 1. The topological polar surface area (TPSA) is 118 Å². The molecule has 24 heavy (non-hydrogen) atoms. The van der Waals surface area contributed by atoms with E-state index in [9.17, 15) is 19.7 Å². The van der Waals surface area contributed by atoms with Crippen LogP contribution in [0.4, 0.5) is 11.6 Å². The minimum atomic E-state index is -0.550. The minimum absolute atomic E-state index is 0.0136. The van der Waals surface area contributed by atoms with Gasteiger partial charge >= 0.3 is 0 Å². The van der Waals surface area contributed by atoms with Crippen LogP contribution in [-0.4, -0.2) is 20.8 Å². The van der Waals surface area contributed by atoms with E-state index >= 15 is 0 Å². The van der Waals surface area contributed by atoms with Gasteiger partial charge in [0.15, 0.2) is 0 Å². The molecule has 1 heterocycles. The molecule has 8 heteroatoms. The summed E-state index contributed by atoms with van der Waals surface area (Å²) in [7, 11) is 0. The van der Waals surface area contributed by atoms with Gasteiger partial charge in [0, 0.05) is 17.7 Å². The fourth-order valence-electron chi connectivity index (χ4n) is 2.23. The molecule has 1 aromatic heterocycles. The number of aromatic nitrogens is 2. The molecule has 0 bridgehead atoms. The summed E-state index contributed by atoms with van der Waals surface area (Å²) in [5.74, 6) is -0.515. The predicted molar refractivity (Wildman–Crippen MR) is 88.2 cm³/mol. The molecule has 3 aromatic rings. The van der Waals surface area contributed by atoms with E-state index in [4.69, 9.17) is 0 Å². The highest BCUT2D eigenvalue weighted by Gasteiger charge is 2.11. The summed E-state index contributed by atoms with van der Waals surface area (Å²) >= 11 is 0. The number of rotatable bonds is 3. The van der Waals surface area contributed by atoms with Crippen molar-refractivity contribution in [1.82, 2.24) is 9.97 Å². The third-order valence-corrected chi connectivity index (χ3v) is 3.43. The van der Waals surface area contributed by atoms with Gasteiger partial charge in [-0.05, 0) is 31.2 Å². The molecule has 0 unspecified atom stereocenters. The van der Waals surface area contributed by atoms with E-state index in [1.807, 2.05) is 13.0 Å². The standard InChI is InChI=1S/C16H12N4O4/c1-9-2-7-13-12(8-9)15(22)19-16(17-13)18-14(21)10-3-5-11(6-4-10)20(23)24/h2-8H,1H3,(H2,17,18,19,21,22). The van der Waals surface area contributed by atoms with E-state index in [0.29, 0.717) is 10.9 Å². The number of amides is 1. The van der Waals surface area contributed by atoms with Crippen LogP contribution in [0.25, 0.3) is 10.9 Å². The maximum Gasteiger partial charge on any atom is 0.269 e. The van der Waals surface area contributed by atoms with Crippen molar-refractivity contribution < 1.29 is 9.72 Å². The molecule has 2 N–H and O–H groups in total. The molecular formula is C16H12N4O4. The van der Waals surface area contributed by atoms with Gasteiger partial charge in [0.25, 0.3) is 17.2 Å². The Morgan fingerprint density at radius 2 is 1.92 bits per heavy atom. The fraction of sp³-hybridized carbons (Fsp3) is 0.0625. The van der Waals surface area contributed by atoms with Gasteiger partial charge in [-0.25, -0.2) is 4.98 Å². The number of anilines is 1. The summed E-state index contributed by atoms with van der Waals surface area (Å²) in [4.78, 5) is 41.0. The molecular weight excluding hydrogens is 312 g/mol. The highest BCUT2D eigenvalue weighted by Crippen LogP contribution is 2.14. The predicted octanol–water partition coefficient (Wildman–Crippen LogP) is 2.39. The van der Waals surface area contributed by atoms with Crippen LogP contribution in [0.15, 0.2) is 47.3 Å². The molecule has 0 radical (unpaired) electrons. The zero-order chi connectivity index (χ0) is 17.3. The number of aryl methyl sites for hydroxylation is 1. The Labute approximate surface area is 135 Å². The number of carbonyl (C=O) groups is 1. The first kappa shape index (κ1) is 15.3. The number of nitrogens with zero attached hydrogens (tertiary/aromatic N) is 2. The molecule has 0 aliphatic heterocycles. The Balaban J connectivity index is 1.89. The Bertz CT molecular complexity index is 1010. The van der Waals surface area contributed by atoms with Gasteiger partial charge in [0.1, 0.15) is 0 Å². The summed E-state index contributed by atoms with van der Waals surface area (Å²) in [6.07, 6.45) is 0. The molecule has 0 spiro atoms. The lowest BCUT2D eigenvalue weighted by Gasteiger charge is -2.06. The lowest BCUT2D eigenvalue weighted by molar-refractivity contribution is -0.384. The maximum absolute atomic E-state index is 12.2. The third kappa shape index (κ3) is 2.98. The van der Waals surface area contributed by atoms with Crippen LogP contribution < -0.4 is 10.9 Å². The first-order valence-electron chi connectivity index (χ1n) is 7.00. The van der Waals surface area contributed by atoms with E-state index in [2.05, 4.69) is 15.3 Å². The molecule has 0 saturated carbocycles. The number of nitrogens with one attached hydrogen (secondary N) is 2. The molecule has 0 aliphatic rings. The maximum atomic E-state index is 12.2. The zero-order valence-corrected chi connectivity index (χ0v) is 12.6. The molecule has 2 aromatic carbocycles. The second-order valence-electron chi connectivity index (χ2n) is 5.19. The van der Waals surface area contributed by atoms with Crippen molar-refractivity contribution >= 4 is 28.4 Å². The summed E-state index contributed by atoms with van der Waals surface area (Å²) in [6, 6.07) is 10.3. The van der Waals surface area contributed by atoms with Gasteiger partial charge < -0.3 is 0 Å². The van der Waals surface area contributed by atoms with E-state index in [1.54, 1.807) is 12.1 Å². The summed E-state index contributed by atoms with van der Waals surface area (Å²) < 4.78 is 0. The molecule has 120 valence electrons. The molecule has 8 nitrogen and oxygen atoms in total. The molecule has 0 atom stereocenters. The van der Waals surface area contributed by atoms with Crippen molar-refractivity contribution in [3.05, 3.63) is 74.1 Å². The van der Waals surface area contributed by atoms with Crippen molar-refractivity contribution in [2.24, 2.45) is 0 Å². The van der Waals surface area contributed by atoms with Crippen LogP contribution in [0.2, 0.25) is 0 Å². The normalized spacial score (nSPS) is 10.5. The number of nitro groups is 1. The second kappa shape index (κ2) is 5.92. The lowest BCUT2D eigenvalue weighted by Crippen LogP contribution is -2.18. The molecule has 0 aliphatic carbocycles. The van der Waals surface area contributed by atoms with Crippen LogP contribution in [-0.2, 0) is 0 Å². The van der Waals surface area contributed by atoms with Crippen molar-refractivity contribution in [2.45, 2.75) is 6.92 Å². The van der Waals surface area contributed by atoms with E-state index in [0.717, 1.165) is 5.56 Å². The van der Waals surface area contributed by atoms with Gasteiger partial charge in [-0.2, -0.15) is 0 Å². The molecule has 1 amide bonds. The average molecular weight is 324 g/mol. The lowest BCUT2D eigenvalue weighted by atomic mass is 10.2. The molecule has 0 saturated heterocycles. The van der Waals surface area contributed by atoms with E-state index < -0.39 is 10.8 Å². The quantitative estimate of drug-likeness (QED) is 0.566. The monoisotopic (exact) mass is 324 g/mol. The number of fused-ring (bicyclic) bond motifs is 1. The third-order valence-electron chi connectivity index (χ3n) is 3.43. The Morgan fingerprint density at radius 1 is 1.21 bits per heavy atom. The van der Waals surface area contributed by atoms with Crippen molar-refractivity contribution in [3.8, 4) is 0 Å². The average Bonchev–Trinajstić information content (AvgIpc) is 2.55. The second-order valence-corrected chi connectivity index (χ2v) is 5.19. The highest BCUT2D eigenvalue weighted by molar-refractivity contribution is 6.03. The van der Waals surface area contributed by atoms with Crippen LogP contribution in [0.5, 0.6) is 0 Å². The highest BCUT2D eigenvalue weighted by atomic mass is 16.6. The van der Waals surface area contributed by atoms with Crippen LogP contribution in [0.3, 0.4) is 0 Å². The van der Waals surface area contributed by atoms with Gasteiger partial charge in [-0.15, -0.1) is 0 Å². The number of aromatic amines is 1. The number of carbonyl (C=O) groups excluding carboxylic acids is 1. The Kier molecular flexibility index (Phi) is 3.78. The van der Waals surface area contributed by atoms with Crippen molar-refractivity contribution in [2.75, 3.05) is 5.32 Å². The smallest absolute Gasteiger partial charge is 0.269 e. The first-order chi connectivity index (χ1) is 11.4. The van der Waals surface area contributed by atoms with Gasteiger partial charge in [0.05, 0.1) is 15.8 Å². The van der Waals surface area contributed by atoms with Crippen molar-refractivity contribution in [1.29, 1.82) is 0 Å². The Hall–Kier alpha value is -3.55. The largest absolute Gasteiger partial charge is 0.292 e. The summed E-state index contributed by atoms with van der Waals surface area (Å²) in [5, 5.41) is 13.5. The van der Waals surface area contributed by atoms with Gasteiger partial charge in [-0.1, -0.05) is 11.6 Å². The number of hydrogen-bond acceptors (Lipinski definition) is 5. The van der Waals surface area contributed by atoms with Gasteiger partial charge in [0.2, 0.25) is 5.95 Å². The Morgan fingerprint density at radius 3 is 2.58 bits per heavy atom. The zero-order valence-electron chi connectivity index (χ0n) is 12.6. The minimum Gasteiger partial charge on any atom is -0.292 e. The van der Waals surface area contributed by atoms with Crippen LogP contribution >= 0.6 is 0 Å². The van der Waals surface area contributed by atoms with Crippen LogP contribution in [0, 0.1) is 17.0 Å². The number of non-ortho nitro benzene ring substituents is 1. The number of nitro benzene ring substituents is 1. The van der Waals surface area contributed by atoms with Crippen molar-refractivity contribution in [3.63, 3.8) is 0 Å². The van der Waals surface area contributed by atoms with E-state index in [1.165, 1.54) is 24.3 Å². The fourth-order valence-corrected chi connectivity index (χ4v) is 2.23. The summed E-state index contributed by atoms with van der Waals surface area (Å²) in [5.41, 5.74) is 1.13. The first-order valence-corrected chi connectivity index (χ1v) is 7.00. The number of benzene rings is 2. The van der Waals surface area contributed by atoms with E-state index in [-0.39, 0.29) is 22.8 Å².